The van der Waals surface area contributed by atoms with Crippen molar-refractivity contribution < 1.29 is 13.6 Å². The fraction of sp³-hybridized carbons (Fsp3) is 0.520. The van der Waals surface area contributed by atoms with Crippen LogP contribution in [0.4, 0.5) is 8.78 Å². The fourth-order valence-electron chi connectivity index (χ4n) is 6.11. The lowest BCUT2D eigenvalue weighted by atomic mass is 9.33. The Bertz CT molecular complexity index is 1090. The van der Waals surface area contributed by atoms with Crippen LogP contribution < -0.4 is 0 Å². The van der Waals surface area contributed by atoms with Crippen LogP contribution in [-0.4, -0.2) is 26.7 Å². The SMILES string of the molecule is N#Cc1cncn1CCCCCCC12CC(C(=O)N3N=CCC3c3cc(F)cc(F)c3)(C1)C2. The number of hydrogen-bond donors (Lipinski definition) is 0. The molecule has 3 fully saturated rings. The molecule has 2 heterocycles. The molecule has 6 nitrogen and oxygen atoms in total. The zero-order valence-electron chi connectivity index (χ0n) is 18.5. The number of hydrazone groups is 1. The van der Waals surface area contributed by atoms with Crippen LogP contribution in [0.1, 0.15) is 75.1 Å². The third-order valence-electron chi connectivity index (χ3n) is 7.58. The van der Waals surface area contributed by atoms with E-state index in [1.807, 2.05) is 4.57 Å². The van der Waals surface area contributed by atoms with Gasteiger partial charge in [0.05, 0.1) is 24.0 Å². The average Bonchev–Trinajstić information content (AvgIpc) is 3.39. The van der Waals surface area contributed by atoms with E-state index in [2.05, 4.69) is 16.2 Å². The summed E-state index contributed by atoms with van der Waals surface area (Å²) in [5.41, 5.74) is 1.02. The Hall–Kier alpha value is -3.08. The van der Waals surface area contributed by atoms with E-state index in [0.29, 0.717) is 17.7 Å². The monoisotopic (exact) mass is 451 g/mol. The van der Waals surface area contributed by atoms with Crippen LogP contribution in [0.3, 0.4) is 0 Å². The van der Waals surface area contributed by atoms with E-state index < -0.39 is 17.7 Å². The van der Waals surface area contributed by atoms with E-state index in [-0.39, 0.29) is 16.7 Å². The van der Waals surface area contributed by atoms with Gasteiger partial charge in [-0.25, -0.2) is 18.8 Å². The highest BCUT2D eigenvalue weighted by atomic mass is 19.1. The minimum absolute atomic E-state index is 0.00132. The molecule has 3 saturated carbocycles. The Kier molecular flexibility index (Phi) is 5.51. The standard InChI is InChI=1S/C25H27F2N5O/c26-19-9-18(10-20(27)11-19)22-5-7-30-32(22)23(33)25-14-24(15-25,16-25)6-3-1-2-4-8-31-17-29-13-21(31)12-28/h7,9-11,13,17,22H,1-6,8,14-16H2. The molecule has 2 bridgehead atoms. The first-order valence-electron chi connectivity index (χ1n) is 11.7. The molecule has 3 aliphatic carbocycles. The Morgan fingerprint density at radius 3 is 2.58 bits per heavy atom. The van der Waals surface area contributed by atoms with Crippen LogP contribution in [0.15, 0.2) is 35.8 Å². The zero-order valence-corrected chi connectivity index (χ0v) is 18.5. The summed E-state index contributed by atoms with van der Waals surface area (Å²) in [6.07, 6.45) is 13.7. The Morgan fingerprint density at radius 2 is 1.85 bits per heavy atom. The molecule has 33 heavy (non-hydrogen) atoms. The molecule has 8 heteroatoms. The Labute approximate surface area is 191 Å². The molecule has 4 aliphatic rings. The number of amides is 1. The van der Waals surface area contributed by atoms with Crippen LogP contribution in [0.2, 0.25) is 0 Å². The van der Waals surface area contributed by atoms with Crippen LogP contribution in [0.25, 0.3) is 0 Å². The number of aromatic nitrogens is 2. The lowest BCUT2D eigenvalue weighted by molar-refractivity contribution is -0.220. The van der Waals surface area contributed by atoms with Gasteiger partial charge in [-0.15, -0.1) is 0 Å². The lowest BCUT2D eigenvalue weighted by Crippen LogP contribution is -2.67. The lowest BCUT2D eigenvalue weighted by Gasteiger charge is -2.70. The minimum atomic E-state index is -0.635. The summed E-state index contributed by atoms with van der Waals surface area (Å²) in [6, 6.07) is 5.15. The van der Waals surface area contributed by atoms with Crippen molar-refractivity contribution in [1.82, 2.24) is 14.6 Å². The number of nitriles is 1. The van der Waals surface area contributed by atoms with Gasteiger partial charge in [0.2, 0.25) is 5.91 Å². The maximum Gasteiger partial charge on any atom is 0.249 e. The van der Waals surface area contributed by atoms with Gasteiger partial charge in [0.15, 0.2) is 0 Å². The van der Waals surface area contributed by atoms with Crippen molar-refractivity contribution in [3.63, 3.8) is 0 Å². The zero-order chi connectivity index (χ0) is 23.1. The molecule has 2 aromatic rings. The van der Waals surface area contributed by atoms with E-state index in [1.54, 1.807) is 18.7 Å². The van der Waals surface area contributed by atoms with Crippen LogP contribution in [0.5, 0.6) is 0 Å². The Balaban J connectivity index is 1.07. The van der Waals surface area contributed by atoms with Gasteiger partial charge in [-0.2, -0.15) is 10.4 Å². The van der Waals surface area contributed by atoms with E-state index in [0.717, 1.165) is 64.0 Å². The largest absolute Gasteiger partial charge is 0.322 e. The van der Waals surface area contributed by atoms with Crippen molar-refractivity contribution in [2.75, 3.05) is 0 Å². The Morgan fingerprint density at radius 1 is 1.12 bits per heavy atom. The van der Waals surface area contributed by atoms with Crippen molar-refractivity contribution in [3.05, 3.63) is 53.6 Å². The van der Waals surface area contributed by atoms with Gasteiger partial charge >= 0.3 is 0 Å². The van der Waals surface area contributed by atoms with E-state index in [1.165, 1.54) is 17.1 Å². The second kappa shape index (κ2) is 8.36. The molecule has 0 N–H and O–H groups in total. The van der Waals surface area contributed by atoms with E-state index >= 15 is 0 Å². The molecule has 1 aliphatic heterocycles. The highest BCUT2D eigenvalue weighted by Crippen LogP contribution is 2.76. The second-order valence-corrected chi connectivity index (χ2v) is 9.96. The van der Waals surface area contributed by atoms with Crippen LogP contribution >= 0.6 is 0 Å². The molecule has 0 spiro atoms. The first-order valence-corrected chi connectivity index (χ1v) is 11.7. The fourth-order valence-corrected chi connectivity index (χ4v) is 6.11. The molecule has 1 amide bonds. The van der Waals surface area contributed by atoms with Gasteiger partial charge < -0.3 is 4.57 Å². The van der Waals surface area contributed by atoms with Gasteiger partial charge in [-0.1, -0.05) is 19.3 Å². The third-order valence-corrected chi connectivity index (χ3v) is 7.58. The second-order valence-electron chi connectivity index (χ2n) is 9.96. The molecule has 1 aromatic carbocycles. The maximum atomic E-state index is 13.7. The van der Waals surface area contributed by atoms with E-state index in [9.17, 15) is 13.6 Å². The van der Waals surface area contributed by atoms with E-state index in [4.69, 9.17) is 5.26 Å². The number of benzene rings is 1. The smallest absolute Gasteiger partial charge is 0.249 e. The highest BCUT2D eigenvalue weighted by Gasteiger charge is 2.71. The van der Waals surface area contributed by atoms with Crippen molar-refractivity contribution in [2.24, 2.45) is 15.9 Å². The number of halogens is 2. The van der Waals surface area contributed by atoms with Gasteiger partial charge in [0.25, 0.3) is 0 Å². The van der Waals surface area contributed by atoms with Crippen molar-refractivity contribution >= 4 is 12.1 Å². The predicted octanol–water partition coefficient (Wildman–Crippen LogP) is 5.11. The molecule has 1 atom stereocenters. The summed E-state index contributed by atoms with van der Waals surface area (Å²) in [5.74, 6) is -1.27. The van der Waals surface area contributed by atoms with Crippen molar-refractivity contribution in [2.45, 2.75) is 70.4 Å². The molecular formula is C25H27F2N5O. The molecule has 6 rings (SSSR count). The molecule has 1 unspecified atom stereocenters. The summed E-state index contributed by atoms with van der Waals surface area (Å²) in [5, 5.41) is 14.7. The number of unbranched alkanes of at least 4 members (excludes halogenated alkanes) is 3. The minimum Gasteiger partial charge on any atom is -0.322 e. The predicted molar refractivity (Wildman–Crippen MR) is 118 cm³/mol. The number of imidazole rings is 1. The highest BCUT2D eigenvalue weighted by molar-refractivity contribution is 5.88. The van der Waals surface area contributed by atoms with Gasteiger partial charge in [-0.3, -0.25) is 4.79 Å². The van der Waals surface area contributed by atoms with Crippen molar-refractivity contribution in [3.8, 4) is 6.07 Å². The summed E-state index contributed by atoms with van der Waals surface area (Å²) >= 11 is 0. The molecule has 0 saturated heterocycles. The van der Waals surface area contributed by atoms with Gasteiger partial charge in [0.1, 0.15) is 23.4 Å². The normalized spacial score (nSPS) is 27.2. The molecular weight excluding hydrogens is 424 g/mol. The maximum absolute atomic E-state index is 13.7. The topological polar surface area (TPSA) is 74.3 Å². The first-order chi connectivity index (χ1) is 15.9. The molecule has 1 aromatic heterocycles. The average molecular weight is 452 g/mol. The van der Waals surface area contributed by atoms with Gasteiger partial charge in [-0.05, 0) is 55.2 Å². The van der Waals surface area contributed by atoms with Gasteiger partial charge in [0, 0.05) is 25.2 Å². The number of hydrogen-bond acceptors (Lipinski definition) is 4. The first kappa shape index (κ1) is 21.7. The quantitative estimate of drug-likeness (QED) is 0.497. The van der Waals surface area contributed by atoms with Crippen molar-refractivity contribution in [1.29, 1.82) is 5.26 Å². The number of carbonyl (C=O) groups excluding carboxylic acids is 1. The molecule has 0 radical (unpaired) electrons. The summed E-state index contributed by atoms with van der Waals surface area (Å²) in [4.78, 5) is 17.3. The number of nitrogens with zero attached hydrogens (tertiary/aromatic N) is 5. The third kappa shape index (κ3) is 3.94. The summed E-state index contributed by atoms with van der Waals surface area (Å²) in [7, 11) is 0. The summed E-state index contributed by atoms with van der Waals surface area (Å²) < 4.78 is 29.3. The van der Waals surface area contributed by atoms with Crippen LogP contribution in [-0.2, 0) is 11.3 Å². The van der Waals surface area contributed by atoms with Crippen LogP contribution in [0, 0.1) is 33.8 Å². The molecule has 172 valence electrons. The number of rotatable bonds is 9. The number of carbonyl (C=O) groups is 1. The summed E-state index contributed by atoms with van der Waals surface area (Å²) in [6.45, 7) is 0.818. The number of aryl methyl sites for hydroxylation is 1.